The summed E-state index contributed by atoms with van der Waals surface area (Å²) in [5.74, 6) is 0.911. The van der Waals surface area contributed by atoms with Crippen LogP contribution in [0, 0.1) is 6.92 Å². The van der Waals surface area contributed by atoms with E-state index in [2.05, 4.69) is 30.9 Å². The van der Waals surface area contributed by atoms with Gasteiger partial charge in [0.1, 0.15) is 5.75 Å². The summed E-state index contributed by atoms with van der Waals surface area (Å²) in [6.07, 6.45) is 5.17. The molecule has 0 amide bonds. The van der Waals surface area contributed by atoms with Crippen LogP contribution in [-0.4, -0.2) is 31.1 Å². The Kier molecular flexibility index (Phi) is 5.44. The van der Waals surface area contributed by atoms with Gasteiger partial charge in [0.15, 0.2) is 0 Å². The van der Waals surface area contributed by atoms with E-state index in [0.29, 0.717) is 0 Å². The van der Waals surface area contributed by atoms with Crippen molar-refractivity contribution in [1.29, 1.82) is 0 Å². The summed E-state index contributed by atoms with van der Waals surface area (Å²) in [5.41, 5.74) is 8.83. The number of nitrogens with two attached hydrogens (primary N) is 1. The number of hydrogen-bond donors (Lipinski definition) is 1. The minimum absolute atomic E-state index is 0.0299. The molecule has 20 heavy (non-hydrogen) atoms. The second-order valence-electron chi connectivity index (χ2n) is 5.93. The van der Waals surface area contributed by atoms with Crippen LogP contribution in [0.3, 0.4) is 0 Å². The molecule has 3 nitrogen and oxygen atoms in total. The Hall–Kier alpha value is -1.06. The van der Waals surface area contributed by atoms with E-state index in [1.54, 1.807) is 7.11 Å². The zero-order valence-electron chi connectivity index (χ0n) is 13.1. The molecule has 112 valence electrons. The first-order valence-corrected chi connectivity index (χ1v) is 7.79. The number of aryl methyl sites for hydroxylation is 1. The fraction of sp³-hybridized carbons (Fsp3) is 0.647. The molecule has 0 heterocycles. The van der Waals surface area contributed by atoms with Crippen LogP contribution in [-0.2, 0) is 0 Å². The molecule has 1 fully saturated rings. The number of methoxy groups -OCH3 is 1. The van der Waals surface area contributed by atoms with Gasteiger partial charge in [0, 0.05) is 24.2 Å². The van der Waals surface area contributed by atoms with Gasteiger partial charge in [-0.1, -0.05) is 31.0 Å². The Labute approximate surface area is 123 Å². The fourth-order valence-corrected chi connectivity index (χ4v) is 2.72. The maximum atomic E-state index is 6.46. The van der Waals surface area contributed by atoms with E-state index in [0.717, 1.165) is 23.9 Å². The first-order valence-electron chi connectivity index (χ1n) is 7.79. The highest BCUT2D eigenvalue weighted by Crippen LogP contribution is 2.31. The van der Waals surface area contributed by atoms with E-state index in [1.165, 1.54) is 37.8 Å². The molecule has 1 aliphatic rings. The first kappa shape index (κ1) is 15.3. The van der Waals surface area contributed by atoms with Crippen molar-refractivity contribution in [2.24, 2.45) is 5.73 Å². The van der Waals surface area contributed by atoms with Crippen LogP contribution in [0.15, 0.2) is 18.2 Å². The molecular formula is C17H28N2O. The van der Waals surface area contributed by atoms with Crippen LogP contribution >= 0.6 is 0 Å². The molecule has 0 bridgehead atoms. The van der Waals surface area contributed by atoms with Crippen molar-refractivity contribution in [2.45, 2.75) is 51.6 Å². The lowest BCUT2D eigenvalue weighted by atomic mass is 10.0. The van der Waals surface area contributed by atoms with E-state index in [-0.39, 0.29) is 6.04 Å². The van der Waals surface area contributed by atoms with Crippen molar-refractivity contribution < 1.29 is 4.74 Å². The smallest absolute Gasteiger partial charge is 0.123 e. The number of hydrogen-bond acceptors (Lipinski definition) is 3. The average Bonchev–Trinajstić information content (AvgIpc) is 3.27. The number of rotatable bonds is 8. The van der Waals surface area contributed by atoms with Gasteiger partial charge in [-0.2, -0.15) is 0 Å². The summed E-state index contributed by atoms with van der Waals surface area (Å²) in [4.78, 5) is 2.57. The molecule has 0 spiro atoms. The van der Waals surface area contributed by atoms with Crippen molar-refractivity contribution in [3.05, 3.63) is 29.3 Å². The zero-order valence-corrected chi connectivity index (χ0v) is 13.1. The third kappa shape index (κ3) is 3.97. The minimum Gasteiger partial charge on any atom is -0.496 e. The molecule has 0 radical (unpaired) electrons. The highest BCUT2D eigenvalue weighted by atomic mass is 16.5. The maximum Gasteiger partial charge on any atom is 0.123 e. The topological polar surface area (TPSA) is 38.5 Å². The standard InChI is InChI=1S/C17H28N2O/c1-4-5-10-19(14-7-8-14)12-16(18)15-11-13(2)6-9-17(15)20-3/h6,9,11,14,16H,4-5,7-8,10,12,18H2,1-3H3. The van der Waals surface area contributed by atoms with Gasteiger partial charge < -0.3 is 10.5 Å². The maximum absolute atomic E-state index is 6.46. The highest BCUT2D eigenvalue weighted by Gasteiger charge is 2.30. The van der Waals surface area contributed by atoms with Gasteiger partial charge in [0.2, 0.25) is 0 Å². The van der Waals surface area contributed by atoms with Crippen LogP contribution in [0.1, 0.15) is 49.8 Å². The summed E-state index contributed by atoms with van der Waals surface area (Å²) in [7, 11) is 1.72. The monoisotopic (exact) mass is 276 g/mol. The van der Waals surface area contributed by atoms with Gasteiger partial charge in [0.25, 0.3) is 0 Å². The second kappa shape index (κ2) is 7.09. The number of ether oxygens (including phenoxy) is 1. The van der Waals surface area contributed by atoms with Gasteiger partial charge >= 0.3 is 0 Å². The van der Waals surface area contributed by atoms with E-state index in [4.69, 9.17) is 10.5 Å². The molecule has 1 saturated carbocycles. The third-order valence-electron chi connectivity index (χ3n) is 4.08. The molecule has 1 aromatic carbocycles. The normalized spacial score (nSPS) is 16.4. The van der Waals surface area contributed by atoms with Gasteiger partial charge in [-0.05, 0) is 38.8 Å². The van der Waals surface area contributed by atoms with Crippen LogP contribution < -0.4 is 10.5 Å². The predicted octanol–water partition coefficient (Wildman–Crippen LogP) is 3.27. The predicted molar refractivity (Wildman–Crippen MR) is 84.2 cm³/mol. The number of benzene rings is 1. The zero-order chi connectivity index (χ0) is 14.5. The van der Waals surface area contributed by atoms with Crippen molar-refractivity contribution in [2.75, 3.05) is 20.2 Å². The van der Waals surface area contributed by atoms with Gasteiger partial charge in [-0.3, -0.25) is 4.90 Å². The lowest BCUT2D eigenvalue weighted by Crippen LogP contribution is -2.34. The first-order chi connectivity index (χ1) is 9.65. The minimum atomic E-state index is 0.0299. The summed E-state index contributed by atoms with van der Waals surface area (Å²) < 4.78 is 5.46. The Morgan fingerprint density at radius 3 is 2.75 bits per heavy atom. The van der Waals surface area contributed by atoms with Crippen molar-refractivity contribution in [1.82, 2.24) is 4.90 Å². The quantitative estimate of drug-likeness (QED) is 0.792. The summed E-state index contributed by atoms with van der Waals surface area (Å²) in [6, 6.07) is 7.06. The molecule has 3 heteroatoms. The lowest BCUT2D eigenvalue weighted by molar-refractivity contribution is 0.242. The molecule has 0 aliphatic heterocycles. The summed E-state index contributed by atoms with van der Waals surface area (Å²) in [5, 5.41) is 0. The Morgan fingerprint density at radius 1 is 1.40 bits per heavy atom. The van der Waals surface area contributed by atoms with Crippen LogP contribution in [0.2, 0.25) is 0 Å². The average molecular weight is 276 g/mol. The fourth-order valence-electron chi connectivity index (χ4n) is 2.72. The third-order valence-corrected chi connectivity index (χ3v) is 4.08. The SMILES string of the molecule is CCCCN(CC(N)c1cc(C)ccc1OC)C1CC1. The largest absolute Gasteiger partial charge is 0.496 e. The summed E-state index contributed by atoms with van der Waals surface area (Å²) >= 11 is 0. The Balaban J connectivity index is 2.05. The molecule has 2 N–H and O–H groups in total. The second-order valence-corrected chi connectivity index (χ2v) is 5.93. The van der Waals surface area contributed by atoms with Gasteiger partial charge in [-0.15, -0.1) is 0 Å². The highest BCUT2D eigenvalue weighted by molar-refractivity contribution is 5.39. The van der Waals surface area contributed by atoms with Crippen molar-refractivity contribution >= 4 is 0 Å². The number of nitrogens with zero attached hydrogens (tertiary/aromatic N) is 1. The van der Waals surface area contributed by atoms with Crippen molar-refractivity contribution in [3.63, 3.8) is 0 Å². The van der Waals surface area contributed by atoms with Crippen LogP contribution in [0.25, 0.3) is 0 Å². The molecule has 0 aromatic heterocycles. The number of unbranched alkanes of at least 4 members (excludes halogenated alkanes) is 1. The van der Waals surface area contributed by atoms with Gasteiger partial charge in [-0.25, -0.2) is 0 Å². The molecule has 1 aromatic rings. The molecule has 1 atom stereocenters. The van der Waals surface area contributed by atoms with E-state index in [9.17, 15) is 0 Å². The van der Waals surface area contributed by atoms with Crippen LogP contribution in [0.4, 0.5) is 0 Å². The molecule has 0 saturated heterocycles. The lowest BCUT2D eigenvalue weighted by Gasteiger charge is -2.26. The van der Waals surface area contributed by atoms with Gasteiger partial charge in [0.05, 0.1) is 7.11 Å². The Morgan fingerprint density at radius 2 is 2.15 bits per heavy atom. The molecular weight excluding hydrogens is 248 g/mol. The van der Waals surface area contributed by atoms with Crippen LogP contribution in [0.5, 0.6) is 5.75 Å². The van der Waals surface area contributed by atoms with E-state index in [1.807, 2.05) is 6.07 Å². The molecule has 1 unspecified atom stereocenters. The molecule has 1 aliphatic carbocycles. The Bertz CT molecular complexity index is 429. The van der Waals surface area contributed by atoms with Crippen molar-refractivity contribution in [3.8, 4) is 5.75 Å². The van der Waals surface area contributed by atoms with E-state index < -0.39 is 0 Å². The molecule has 2 rings (SSSR count). The summed E-state index contributed by atoms with van der Waals surface area (Å²) in [6.45, 7) is 6.45. The van der Waals surface area contributed by atoms with E-state index >= 15 is 0 Å².